The molecule has 38 heavy (non-hydrogen) atoms. The van der Waals surface area contributed by atoms with Crippen molar-refractivity contribution in [2.45, 2.75) is 44.6 Å². The van der Waals surface area contributed by atoms with Crippen molar-refractivity contribution in [2.24, 2.45) is 11.8 Å². The Balaban J connectivity index is 1.39. The Bertz CT molecular complexity index is 1500. The molecule has 2 aliphatic carbocycles. The first-order valence-corrected chi connectivity index (χ1v) is 13.0. The minimum Gasteiger partial charge on any atom is -0.494 e. The zero-order chi connectivity index (χ0) is 26.4. The maximum atomic E-state index is 13.6. The number of alkyl halides is 2. The zero-order valence-corrected chi connectivity index (χ0v) is 21.1. The average molecular weight is 537 g/mol. The van der Waals surface area contributed by atoms with Crippen molar-refractivity contribution < 1.29 is 23.1 Å². The van der Waals surface area contributed by atoms with Crippen LogP contribution in [-0.4, -0.2) is 45.1 Å². The summed E-state index contributed by atoms with van der Waals surface area (Å²) in [6.45, 7) is 0. The minimum absolute atomic E-state index is 0.0134. The lowest BCUT2D eigenvalue weighted by molar-refractivity contribution is -0.121. The molecule has 12 heteroatoms. The summed E-state index contributed by atoms with van der Waals surface area (Å²) < 4.78 is 32.5. The zero-order valence-electron chi connectivity index (χ0n) is 20.3. The first-order chi connectivity index (χ1) is 18.4. The van der Waals surface area contributed by atoms with E-state index >= 15 is 0 Å². The third-order valence-corrected chi connectivity index (χ3v) is 7.72. The van der Waals surface area contributed by atoms with Gasteiger partial charge in [0.25, 0.3) is 12.3 Å². The molecule has 9 nitrogen and oxygen atoms in total. The fourth-order valence-corrected chi connectivity index (χ4v) is 5.50. The number of pyridine rings is 2. The number of anilines is 2. The molecule has 1 N–H and O–H groups in total. The predicted molar refractivity (Wildman–Crippen MR) is 135 cm³/mol. The highest BCUT2D eigenvalue weighted by molar-refractivity contribution is 7.15. The number of piperidine rings is 1. The molecule has 2 atom stereocenters. The number of nitrogens with one attached hydrogen (secondary N) is 1. The van der Waals surface area contributed by atoms with Crippen LogP contribution in [0.15, 0.2) is 24.5 Å². The molecule has 0 spiro atoms. The maximum Gasteiger partial charge on any atom is 0.280 e. The average Bonchev–Trinajstić information content (AvgIpc) is 3.29. The number of amides is 2. The van der Waals surface area contributed by atoms with E-state index in [-0.39, 0.29) is 45.4 Å². The van der Waals surface area contributed by atoms with Gasteiger partial charge in [-0.15, -0.1) is 10.2 Å². The molecule has 6 rings (SSSR count). The lowest BCUT2D eigenvalue weighted by atomic mass is 9.99. The number of carbonyl (C=O) groups excluding carboxylic acids is 2. The van der Waals surface area contributed by atoms with Crippen LogP contribution in [0.1, 0.15) is 59.6 Å². The van der Waals surface area contributed by atoms with Crippen LogP contribution in [-0.2, 0) is 4.79 Å². The highest BCUT2D eigenvalue weighted by Crippen LogP contribution is 2.43. The molecule has 0 aromatic carbocycles. The highest BCUT2D eigenvalue weighted by atomic mass is 32.1. The molecule has 3 fully saturated rings. The number of hydrogen-bond acceptors (Lipinski definition) is 8. The number of fused-ring (bicyclic) bond motifs is 2. The quantitative estimate of drug-likeness (QED) is 0.463. The number of nitrogens with zero attached hydrogens (tertiary/aromatic N) is 5. The van der Waals surface area contributed by atoms with Crippen LogP contribution < -0.4 is 15.0 Å². The van der Waals surface area contributed by atoms with Gasteiger partial charge in [-0.1, -0.05) is 17.3 Å². The van der Waals surface area contributed by atoms with E-state index in [1.807, 2.05) is 0 Å². The first kappa shape index (κ1) is 24.4. The van der Waals surface area contributed by atoms with Crippen LogP contribution in [0.5, 0.6) is 5.75 Å². The molecule has 1 saturated heterocycles. The Kier molecular flexibility index (Phi) is 6.23. The second-order valence-electron chi connectivity index (χ2n) is 9.48. The standard InChI is InChI=1S/C26H22F2N6O3S/c1-37-20-12-29-19(23(27)28)9-17(20)16-10-21(34-15-6-5-14(8-15)25(34)36)30-11-18(16)24(35)31-26-33-32-22(38-26)7-4-13-2-3-13/h9-15,23H,2-3,5-6,8H2,1H3,(H,31,33,35)/t14-,15+/m1/s1. The molecule has 4 heterocycles. The number of ether oxygens (including phenoxy) is 1. The molecule has 2 bridgehead atoms. The van der Waals surface area contributed by atoms with Crippen LogP contribution >= 0.6 is 11.3 Å². The van der Waals surface area contributed by atoms with Crippen LogP contribution in [0, 0.1) is 23.7 Å². The molecule has 0 unspecified atom stereocenters. The smallest absolute Gasteiger partial charge is 0.280 e. The van der Waals surface area contributed by atoms with Gasteiger partial charge in [-0.3, -0.25) is 24.8 Å². The first-order valence-electron chi connectivity index (χ1n) is 12.2. The molecular formula is C26H22F2N6O3S. The van der Waals surface area contributed by atoms with Crippen molar-refractivity contribution in [1.29, 1.82) is 0 Å². The highest BCUT2D eigenvalue weighted by Gasteiger charge is 2.46. The third kappa shape index (κ3) is 4.58. The topological polar surface area (TPSA) is 110 Å². The summed E-state index contributed by atoms with van der Waals surface area (Å²) in [5.41, 5.74) is 0.139. The molecule has 1 aliphatic heterocycles. The summed E-state index contributed by atoms with van der Waals surface area (Å²) in [6, 6.07) is 2.79. The summed E-state index contributed by atoms with van der Waals surface area (Å²) in [4.78, 5) is 36.2. The van der Waals surface area contributed by atoms with Crippen LogP contribution in [0.2, 0.25) is 0 Å². The van der Waals surface area contributed by atoms with Gasteiger partial charge < -0.3 is 4.74 Å². The molecule has 194 valence electrons. The molecule has 3 aromatic heterocycles. The third-order valence-electron chi connectivity index (χ3n) is 6.97. The van der Waals surface area contributed by atoms with E-state index in [1.165, 1.54) is 25.6 Å². The Morgan fingerprint density at radius 3 is 2.71 bits per heavy atom. The number of methoxy groups -OCH3 is 1. The van der Waals surface area contributed by atoms with E-state index in [9.17, 15) is 18.4 Å². The van der Waals surface area contributed by atoms with Gasteiger partial charge in [0.1, 0.15) is 17.3 Å². The van der Waals surface area contributed by atoms with E-state index in [2.05, 4.69) is 37.3 Å². The summed E-state index contributed by atoms with van der Waals surface area (Å²) in [6.07, 6.45) is 4.34. The van der Waals surface area contributed by atoms with E-state index < -0.39 is 18.0 Å². The van der Waals surface area contributed by atoms with Gasteiger partial charge in [0.05, 0.1) is 18.9 Å². The Morgan fingerprint density at radius 2 is 2.00 bits per heavy atom. The fourth-order valence-electron chi connectivity index (χ4n) is 4.90. The van der Waals surface area contributed by atoms with Crippen molar-refractivity contribution >= 4 is 34.1 Å². The van der Waals surface area contributed by atoms with Crippen LogP contribution in [0.4, 0.5) is 19.7 Å². The molecule has 2 saturated carbocycles. The van der Waals surface area contributed by atoms with Crippen LogP contribution in [0.25, 0.3) is 11.1 Å². The number of hydrogen-bond donors (Lipinski definition) is 1. The maximum absolute atomic E-state index is 13.6. The second kappa shape index (κ2) is 9.72. The van der Waals surface area contributed by atoms with E-state index in [1.54, 1.807) is 11.0 Å². The van der Waals surface area contributed by atoms with Gasteiger partial charge in [0.2, 0.25) is 11.0 Å². The molecule has 3 aliphatic rings. The summed E-state index contributed by atoms with van der Waals surface area (Å²) in [5, 5.41) is 11.4. The van der Waals surface area contributed by atoms with Gasteiger partial charge >= 0.3 is 0 Å². The van der Waals surface area contributed by atoms with Crippen molar-refractivity contribution in [3.63, 3.8) is 0 Å². The number of halogens is 2. The van der Waals surface area contributed by atoms with Crippen molar-refractivity contribution in [1.82, 2.24) is 20.2 Å². The Labute approximate surface area is 220 Å². The molecular weight excluding hydrogens is 514 g/mol. The Hall–Kier alpha value is -3.98. The molecule has 3 aromatic rings. The van der Waals surface area contributed by atoms with Gasteiger partial charge in [0, 0.05) is 35.2 Å². The summed E-state index contributed by atoms with van der Waals surface area (Å²) in [7, 11) is 1.39. The van der Waals surface area contributed by atoms with E-state index in [4.69, 9.17) is 4.74 Å². The summed E-state index contributed by atoms with van der Waals surface area (Å²) >= 11 is 1.14. The van der Waals surface area contributed by atoms with Crippen molar-refractivity contribution in [3.8, 4) is 28.7 Å². The van der Waals surface area contributed by atoms with Gasteiger partial charge in [-0.2, -0.15) is 0 Å². The molecule has 0 radical (unpaired) electrons. The SMILES string of the molecule is COc1cnc(C(F)F)cc1-c1cc(N2C(=O)[C@@H]3CC[C@H]2C3)ncc1C(=O)Nc1nnc(C#CC2CC2)s1. The van der Waals surface area contributed by atoms with E-state index in [0.29, 0.717) is 16.7 Å². The molecule has 2 amide bonds. The predicted octanol–water partition coefficient (Wildman–Crippen LogP) is 4.47. The lowest BCUT2D eigenvalue weighted by Crippen LogP contribution is -2.37. The van der Waals surface area contributed by atoms with Gasteiger partial charge in [-0.25, -0.2) is 13.8 Å². The normalized spacial score (nSPS) is 20.0. The fraction of sp³-hybridized carbons (Fsp3) is 0.385. The van der Waals surface area contributed by atoms with Crippen LogP contribution in [0.3, 0.4) is 0 Å². The number of aromatic nitrogens is 4. The number of rotatable bonds is 6. The Morgan fingerprint density at radius 1 is 1.16 bits per heavy atom. The van der Waals surface area contributed by atoms with Crippen molar-refractivity contribution in [2.75, 3.05) is 17.3 Å². The van der Waals surface area contributed by atoms with Gasteiger partial charge in [0.15, 0.2) is 5.01 Å². The van der Waals surface area contributed by atoms with E-state index in [0.717, 1.165) is 43.4 Å². The monoisotopic (exact) mass is 536 g/mol. The number of carbonyl (C=O) groups is 2. The summed E-state index contributed by atoms with van der Waals surface area (Å²) in [5.74, 6) is 6.40. The largest absolute Gasteiger partial charge is 0.494 e. The second-order valence-corrected chi connectivity index (χ2v) is 10.5. The minimum atomic E-state index is -2.83. The van der Waals surface area contributed by atoms with Gasteiger partial charge in [-0.05, 0) is 50.2 Å². The van der Waals surface area contributed by atoms with Crippen molar-refractivity contribution in [3.05, 3.63) is 40.8 Å². The lowest BCUT2D eigenvalue weighted by Gasteiger charge is -2.27.